The smallest absolute Gasteiger partial charge is 0.227 e. The standard InChI is InChI=1S/C17H28N2O2/c1-11-9-10-15(14(4)16(11)21-5)19-17(20)12(2)7-6-8-13(3)18/h9-10,12-13H,6-8,18H2,1-5H3,(H,19,20). The number of carbonyl (C=O) groups excluding carboxylic acids is 1. The summed E-state index contributed by atoms with van der Waals surface area (Å²) in [7, 11) is 1.65. The van der Waals surface area contributed by atoms with Crippen LogP contribution < -0.4 is 15.8 Å². The second-order valence-corrected chi connectivity index (χ2v) is 5.89. The van der Waals surface area contributed by atoms with E-state index in [1.807, 2.05) is 39.8 Å². The third-order valence-electron chi connectivity index (χ3n) is 3.81. The number of nitrogens with two attached hydrogens (primary N) is 1. The topological polar surface area (TPSA) is 64.3 Å². The molecular weight excluding hydrogens is 264 g/mol. The fraction of sp³-hybridized carbons (Fsp3) is 0.588. The fourth-order valence-corrected chi connectivity index (χ4v) is 2.41. The van der Waals surface area contributed by atoms with Gasteiger partial charge in [-0.25, -0.2) is 0 Å². The molecule has 0 heterocycles. The number of hydrogen-bond acceptors (Lipinski definition) is 3. The summed E-state index contributed by atoms with van der Waals surface area (Å²) in [6.07, 6.45) is 2.78. The van der Waals surface area contributed by atoms with Crippen molar-refractivity contribution in [1.29, 1.82) is 0 Å². The highest BCUT2D eigenvalue weighted by Gasteiger charge is 2.15. The number of nitrogens with one attached hydrogen (secondary N) is 1. The summed E-state index contributed by atoms with van der Waals surface area (Å²) in [5.74, 6) is 0.863. The Balaban J connectivity index is 2.66. The molecular formula is C17H28N2O2. The molecule has 0 spiro atoms. The van der Waals surface area contributed by atoms with Crippen LogP contribution in [0.1, 0.15) is 44.2 Å². The first-order valence-electron chi connectivity index (χ1n) is 7.57. The fourth-order valence-electron chi connectivity index (χ4n) is 2.41. The number of carbonyl (C=O) groups is 1. The average molecular weight is 292 g/mol. The second kappa shape index (κ2) is 8.03. The van der Waals surface area contributed by atoms with Gasteiger partial charge in [0, 0.05) is 23.2 Å². The van der Waals surface area contributed by atoms with Gasteiger partial charge in [-0.3, -0.25) is 4.79 Å². The van der Waals surface area contributed by atoms with Crippen LogP contribution >= 0.6 is 0 Å². The van der Waals surface area contributed by atoms with Crippen molar-refractivity contribution >= 4 is 11.6 Å². The molecule has 0 aliphatic heterocycles. The van der Waals surface area contributed by atoms with Gasteiger partial charge < -0.3 is 15.8 Å². The summed E-state index contributed by atoms with van der Waals surface area (Å²) in [5.41, 5.74) is 8.58. The van der Waals surface area contributed by atoms with Gasteiger partial charge in [0.05, 0.1) is 7.11 Å². The lowest BCUT2D eigenvalue weighted by Gasteiger charge is -2.17. The Morgan fingerprint density at radius 3 is 2.52 bits per heavy atom. The second-order valence-electron chi connectivity index (χ2n) is 5.89. The lowest BCUT2D eigenvalue weighted by Crippen LogP contribution is -2.22. The number of hydrogen-bond donors (Lipinski definition) is 2. The first kappa shape index (κ1) is 17.5. The Kier molecular flexibility index (Phi) is 6.69. The molecule has 4 heteroatoms. The van der Waals surface area contributed by atoms with Crippen LogP contribution in [0, 0.1) is 19.8 Å². The van der Waals surface area contributed by atoms with E-state index in [0.717, 1.165) is 41.8 Å². The summed E-state index contributed by atoms with van der Waals surface area (Å²) in [4.78, 5) is 12.2. The molecule has 0 aliphatic rings. The maximum Gasteiger partial charge on any atom is 0.227 e. The van der Waals surface area contributed by atoms with Crippen LogP contribution in [-0.4, -0.2) is 19.1 Å². The molecule has 0 radical (unpaired) electrons. The molecule has 0 saturated heterocycles. The van der Waals surface area contributed by atoms with E-state index in [9.17, 15) is 4.79 Å². The van der Waals surface area contributed by atoms with Crippen LogP contribution in [0.5, 0.6) is 5.75 Å². The van der Waals surface area contributed by atoms with Crippen LogP contribution in [0.2, 0.25) is 0 Å². The van der Waals surface area contributed by atoms with E-state index in [2.05, 4.69) is 5.32 Å². The summed E-state index contributed by atoms with van der Waals surface area (Å²) >= 11 is 0. The Morgan fingerprint density at radius 2 is 1.95 bits per heavy atom. The van der Waals surface area contributed by atoms with E-state index in [-0.39, 0.29) is 17.9 Å². The monoisotopic (exact) mass is 292 g/mol. The quantitative estimate of drug-likeness (QED) is 0.809. The highest BCUT2D eigenvalue weighted by molar-refractivity contribution is 5.93. The lowest BCUT2D eigenvalue weighted by molar-refractivity contribution is -0.119. The number of methoxy groups -OCH3 is 1. The van der Waals surface area contributed by atoms with Crippen LogP contribution in [0.3, 0.4) is 0 Å². The van der Waals surface area contributed by atoms with E-state index in [1.165, 1.54) is 0 Å². The van der Waals surface area contributed by atoms with Crippen molar-refractivity contribution in [1.82, 2.24) is 0 Å². The first-order chi connectivity index (χ1) is 9.86. The summed E-state index contributed by atoms with van der Waals surface area (Å²) < 4.78 is 5.38. The number of amides is 1. The third-order valence-corrected chi connectivity index (χ3v) is 3.81. The first-order valence-corrected chi connectivity index (χ1v) is 7.57. The van der Waals surface area contributed by atoms with Crippen molar-refractivity contribution in [3.05, 3.63) is 23.3 Å². The van der Waals surface area contributed by atoms with Gasteiger partial charge in [0.25, 0.3) is 0 Å². The molecule has 4 nitrogen and oxygen atoms in total. The van der Waals surface area contributed by atoms with E-state index < -0.39 is 0 Å². The van der Waals surface area contributed by atoms with E-state index in [1.54, 1.807) is 7.11 Å². The van der Waals surface area contributed by atoms with E-state index >= 15 is 0 Å². The molecule has 0 fully saturated rings. The predicted octanol–water partition coefficient (Wildman–Crippen LogP) is 3.40. The van der Waals surface area contributed by atoms with E-state index in [0.29, 0.717) is 0 Å². The van der Waals surface area contributed by atoms with Crippen molar-refractivity contribution in [3.63, 3.8) is 0 Å². The predicted molar refractivity (Wildman–Crippen MR) is 87.8 cm³/mol. The highest BCUT2D eigenvalue weighted by Crippen LogP contribution is 2.29. The number of rotatable bonds is 7. The Bertz CT molecular complexity index is 484. The molecule has 0 saturated carbocycles. The van der Waals surface area contributed by atoms with Crippen LogP contribution in [0.15, 0.2) is 12.1 Å². The SMILES string of the molecule is COc1c(C)ccc(NC(=O)C(C)CCCC(C)N)c1C. The van der Waals surface area contributed by atoms with Gasteiger partial charge >= 0.3 is 0 Å². The van der Waals surface area contributed by atoms with Gasteiger partial charge in [0.1, 0.15) is 5.75 Å². The molecule has 2 unspecified atom stereocenters. The maximum atomic E-state index is 12.2. The number of anilines is 1. The van der Waals surface area contributed by atoms with Crippen molar-refractivity contribution < 1.29 is 9.53 Å². The molecule has 118 valence electrons. The molecule has 21 heavy (non-hydrogen) atoms. The zero-order chi connectivity index (χ0) is 16.0. The zero-order valence-corrected chi connectivity index (χ0v) is 13.8. The van der Waals surface area contributed by atoms with Gasteiger partial charge in [0.2, 0.25) is 5.91 Å². The minimum Gasteiger partial charge on any atom is -0.496 e. The number of ether oxygens (including phenoxy) is 1. The normalized spacial score (nSPS) is 13.6. The Morgan fingerprint density at radius 1 is 1.29 bits per heavy atom. The van der Waals surface area contributed by atoms with Crippen molar-refractivity contribution in [3.8, 4) is 5.75 Å². The molecule has 3 N–H and O–H groups in total. The molecule has 2 atom stereocenters. The van der Waals surface area contributed by atoms with Gasteiger partial charge in [-0.2, -0.15) is 0 Å². The Labute approximate surface area is 128 Å². The van der Waals surface area contributed by atoms with Gasteiger partial charge in [-0.15, -0.1) is 0 Å². The number of aryl methyl sites for hydroxylation is 1. The third kappa shape index (κ3) is 5.05. The van der Waals surface area contributed by atoms with Crippen LogP contribution in [0.25, 0.3) is 0 Å². The minimum absolute atomic E-state index is 0.0181. The van der Waals surface area contributed by atoms with Crippen molar-refractivity contribution in [2.24, 2.45) is 11.7 Å². The summed E-state index contributed by atoms with van der Waals surface area (Å²) in [5, 5.41) is 3.00. The highest BCUT2D eigenvalue weighted by atomic mass is 16.5. The van der Waals surface area contributed by atoms with Crippen LogP contribution in [-0.2, 0) is 4.79 Å². The molecule has 1 aromatic carbocycles. The summed E-state index contributed by atoms with van der Waals surface area (Å²) in [6, 6.07) is 4.09. The van der Waals surface area contributed by atoms with E-state index in [4.69, 9.17) is 10.5 Å². The summed E-state index contributed by atoms with van der Waals surface area (Å²) in [6.45, 7) is 7.90. The maximum absolute atomic E-state index is 12.2. The molecule has 0 bridgehead atoms. The van der Waals surface area contributed by atoms with Crippen molar-refractivity contribution in [2.75, 3.05) is 12.4 Å². The number of benzene rings is 1. The van der Waals surface area contributed by atoms with Gasteiger partial charge in [-0.1, -0.05) is 19.4 Å². The lowest BCUT2D eigenvalue weighted by atomic mass is 10.0. The molecule has 1 aromatic rings. The van der Waals surface area contributed by atoms with Crippen molar-refractivity contribution in [2.45, 2.75) is 53.0 Å². The molecule has 1 amide bonds. The minimum atomic E-state index is -0.0181. The van der Waals surface area contributed by atoms with Crippen LogP contribution in [0.4, 0.5) is 5.69 Å². The molecule has 0 aliphatic carbocycles. The average Bonchev–Trinajstić information content (AvgIpc) is 2.42. The largest absolute Gasteiger partial charge is 0.496 e. The Hall–Kier alpha value is -1.55. The zero-order valence-electron chi connectivity index (χ0n) is 13.8. The van der Waals surface area contributed by atoms with Gasteiger partial charge in [0.15, 0.2) is 0 Å². The molecule has 0 aromatic heterocycles. The molecule has 1 rings (SSSR count). The van der Waals surface area contributed by atoms with Gasteiger partial charge in [-0.05, 0) is 45.2 Å².